The topological polar surface area (TPSA) is 0 Å². The van der Waals surface area contributed by atoms with E-state index in [1.165, 1.54) is 11.1 Å². The van der Waals surface area contributed by atoms with E-state index in [-0.39, 0.29) is 5.38 Å². The van der Waals surface area contributed by atoms with Gasteiger partial charge in [-0.1, -0.05) is 48.6 Å². The second-order valence-electron chi connectivity index (χ2n) is 2.77. The lowest BCUT2D eigenvalue weighted by atomic mass is 9.98. The molecule has 0 radical (unpaired) electrons. The number of allylic oxidation sites excluding steroid dienone is 10. The molecule has 2 rings (SSSR count). The number of rotatable bonds is 0. The minimum Gasteiger partial charge on any atom is -0.113 e. The smallest absolute Gasteiger partial charge is 0.0775 e. The second-order valence-corrected chi connectivity index (χ2v) is 3.24. The Morgan fingerprint density at radius 2 is 1.92 bits per heavy atom. The maximum atomic E-state index is 6.10. The van der Waals surface area contributed by atoms with E-state index in [0.29, 0.717) is 0 Å². The zero-order chi connectivity index (χ0) is 8.39. The summed E-state index contributed by atoms with van der Waals surface area (Å²) in [5, 5.41) is 0.0254. The molecule has 0 aliphatic heterocycles. The van der Waals surface area contributed by atoms with E-state index in [1.54, 1.807) is 0 Å². The minimum atomic E-state index is 0.0254. The molecular weight excluding hydrogens is 168 g/mol. The SMILES string of the molecule is ClC1C=CC=C2C=CC=CC=C21. The summed E-state index contributed by atoms with van der Waals surface area (Å²) in [7, 11) is 0. The maximum absolute atomic E-state index is 6.10. The summed E-state index contributed by atoms with van der Waals surface area (Å²) >= 11 is 6.10. The zero-order valence-electron chi connectivity index (χ0n) is 6.57. The first-order valence-electron chi connectivity index (χ1n) is 3.96. The van der Waals surface area contributed by atoms with Crippen LogP contribution < -0.4 is 0 Å². The van der Waals surface area contributed by atoms with Crippen LogP contribution >= 0.6 is 11.6 Å². The zero-order valence-corrected chi connectivity index (χ0v) is 7.33. The predicted molar refractivity (Wildman–Crippen MR) is 53.2 cm³/mol. The molecule has 0 spiro atoms. The molecule has 0 nitrogen and oxygen atoms in total. The van der Waals surface area contributed by atoms with Gasteiger partial charge in [-0.05, 0) is 11.1 Å². The normalized spacial score (nSPS) is 25.9. The first kappa shape index (κ1) is 7.63. The molecule has 1 atom stereocenters. The van der Waals surface area contributed by atoms with Crippen molar-refractivity contribution in [3.63, 3.8) is 0 Å². The van der Waals surface area contributed by atoms with Gasteiger partial charge in [-0.2, -0.15) is 0 Å². The van der Waals surface area contributed by atoms with Crippen LogP contribution in [0.5, 0.6) is 0 Å². The van der Waals surface area contributed by atoms with E-state index in [4.69, 9.17) is 11.6 Å². The van der Waals surface area contributed by atoms with E-state index >= 15 is 0 Å². The second kappa shape index (κ2) is 3.16. The Morgan fingerprint density at radius 3 is 2.83 bits per heavy atom. The molecule has 0 aromatic heterocycles. The van der Waals surface area contributed by atoms with Crippen LogP contribution in [0.2, 0.25) is 0 Å². The Balaban J connectivity index is 2.46. The van der Waals surface area contributed by atoms with Crippen molar-refractivity contribution in [2.75, 3.05) is 0 Å². The van der Waals surface area contributed by atoms with E-state index in [9.17, 15) is 0 Å². The van der Waals surface area contributed by atoms with Gasteiger partial charge in [0.05, 0.1) is 5.38 Å². The van der Waals surface area contributed by atoms with Gasteiger partial charge in [0, 0.05) is 0 Å². The van der Waals surface area contributed by atoms with Crippen molar-refractivity contribution in [1.82, 2.24) is 0 Å². The fourth-order valence-electron chi connectivity index (χ4n) is 1.34. The van der Waals surface area contributed by atoms with Gasteiger partial charge >= 0.3 is 0 Å². The van der Waals surface area contributed by atoms with E-state index in [1.807, 2.05) is 30.4 Å². The highest BCUT2D eigenvalue weighted by molar-refractivity contribution is 6.24. The van der Waals surface area contributed by atoms with E-state index in [0.717, 1.165) is 0 Å². The lowest BCUT2D eigenvalue weighted by molar-refractivity contribution is 1.23. The molecular formula is C11H9Cl. The lowest BCUT2D eigenvalue weighted by Crippen LogP contribution is -2.03. The molecule has 0 N–H and O–H groups in total. The fourth-order valence-corrected chi connectivity index (χ4v) is 1.62. The number of fused-ring (bicyclic) bond motifs is 1. The molecule has 0 aromatic rings. The standard InChI is InChI=1S/C11H9Cl/c12-11-8-4-6-9-5-2-1-3-7-10(9)11/h1-8,11H. The van der Waals surface area contributed by atoms with Crippen LogP contribution in [0.25, 0.3) is 0 Å². The highest BCUT2D eigenvalue weighted by Gasteiger charge is 2.13. The lowest BCUT2D eigenvalue weighted by Gasteiger charge is -2.13. The van der Waals surface area contributed by atoms with E-state index in [2.05, 4.69) is 18.2 Å². The van der Waals surface area contributed by atoms with Crippen molar-refractivity contribution in [2.24, 2.45) is 0 Å². The number of alkyl halides is 1. The summed E-state index contributed by atoms with van der Waals surface area (Å²) in [5.74, 6) is 0. The molecule has 0 bridgehead atoms. The summed E-state index contributed by atoms with van der Waals surface area (Å²) in [5.41, 5.74) is 2.40. The third-order valence-electron chi connectivity index (χ3n) is 1.96. The molecule has 0 saturated carbocycles. The monoisotopic (exact) mass is 176 g/mol. The Bertz CT molecular complexity index is 327. The summed E-state index contributed by atoms with van der Waals surface area (Å²) in [6, 6.07) is 0. The average Bonchev–Trinajstić information content (AvgIpc) is 2.30. The highest BCUT2D eigenvalue weighted by Crippen LogP contribution is 2.26. The van der Waals surface area contributed by atoms with Crippen LogP contribution in [0.4, 0.5) is 0 Å². The fraction of sp³-hybridized carbons (Fsp3) is 0.0909. The predicted octanol–water partition coefficient (Wildman–Crippen LogP) is 3.14. The molecule has 0 aromatic carbocycles. The number of halogens is 1. The summed E-state index contributed by atoms with van der Waals surface area (Å²) in [4.78, 5) is 0. The van der Waals surface area contributed by atoms with E-state index < -0.39 is 0 Å². The molecule has 60 valence electrons. The molecule has 1 unspecified atom stereocenters. The van der Waals surface area contributed by atoms with Crippen LogP contribution in [0.3, 0.4) is 0 Å². The first-order chi connectivity index (χ1) is 5.88. The van der Waals surface area contributed by atoms with Gasteiger partial charge in [0.25, 0.3) is 0 Å². The van der Waals surface area contributed by atoms with Crippen molar-refractivity contribution in [1.29, 1.82) is 0 Å². The highest BCUT2D eigenvalue weighted by atomic mass is 35.5. The van der Waals surface area contributed by atoms with Crippen LogP contribution in [-0.4, -0.2) is 5.38 Å². The molecule has 2 aliphatic rings. The molecule has 0 fully saturated rings. The van der Waals surface area contributed by atoms with Crippen molar-refractivity contribution in [2.45, 2.75) is 5.38 Å². The Kier molecular flexibility index (Phi) is 2.01. The van der Waals surface area contributed by atoms with Crippen molar-refractivity contribution < 1.29 is 0 Å². The van der Waals surface area contributed by atoms with Gasteiger partial charge in [-0.15, -0.1) is 11.6 Å². The molecule has 0 heterocycles. The third kappa shape index (κ3) is 1.30. The Labute approximate surface area is 77.2 Å². The van der Waals surface area contributed by atoms with Gasteiger partial charge in [0.1, 0.15) is 0 Å². The van der Waals surface area contributed by atoms with Crippen molar-refractivity contribution >= 4 is 11.6 Å². The summed E-state index contributed by atoms with van der Waals surface area (Å²) in [6.45, 7) is 0. The molecule has 0 amide bonds. The number of hydrogen-bond donors (Lipinski definition) is 0. The molecule has 12 heavy (non-hydrogen) atoms. The largest absolute Gasteiger partial charge is 0.113 e. The van der Waals surface area contributed by atoms with Crippen molar-refractivity contribution in [3.8, 4) is 0 Å². The van der Waals surface area contributed by atoms with Crippen LogP contribution in [0.15, 0.2) is 59.8 Å². The molecule has 0 saturated heterocycles. The Hall–Kier alpha value is -1.01. The van der Waals surface area contributed by atoms with Crippen LogP contribution in [0.1, 0.15) is 0 Å². The van der Waals surface area contributed by atoms with Crippen molar-refractivity contribution in [3.05, 3.63) is 59.8 Å². The molecule has 1 heteroatoms. The average molecular weight is 177 g/mol. The summed E-state index contributed by atoms with van der Waals surface area (Å²) in [6.07, 6.45) is 16.3. The quantitative estimate of drug-likeness (QED) is 0.498. The first-order valence-corrected chi connectivity index (χ1v) is 4.39. The minimum absolute atomic E-state index is 0.0254. The maximum Gasteiger partial charge on any atom is 0.0775 e. The van der Waals surface area contributed by atoms with Gasteiger partial charge in [-0.25, -0.2) is 0 Å². The van der Waals surface area contributed by atoms with Gasteiger partial charge in [-0.3, -0.25) is 0 Å². The number of hydrogen-bond acceptors (Lipinski definition) is 0. The van der Waals surface area contributed by atoms with Gasteiger partial charge < -0.3 is 0 Å². The van der Waals surface area contributed by atoms with Crippen LogP contribution in [0, 0.1) is 0 Å². The molecule has 2 aliphatic carbocycles. The van der Waals surface area contributed by atoms with Gasteiger partial charge in [0.2, 0.25) is 0 Å². The Morgan fingerprint density at radius 1 is 1.00 bits per heavy atom. The third-order valence-corrected chi connectivity index (χ3v) is 2.34. The van der Waals surface area contributed by atoms with Gasteiger partial charge in [0.15, 0.2) is 0 Å². The van der Waals surface area contributed by atoms with Crippen LogP contribution in [-0.2, 0) is 0 Å². The summed E-state index contributed by atoms with van der Waals surface area (Å²) < 4.78 is 0.